The molecular formula is C13H23N3O. The highest BCUT2D eigenvalue weighted by atomic mass is 16.3. The van der Waals surface area contributed by atoms with Gasteiger partial charge in [0.25, 0.3) is 0 Å². The van der Waals surface area contributed by atoms with Gasteiger partial charge in [0.15, 0.2) is 0 Å². The summed E-state index contributed by atoms with van der Waals surface area (Å²) in [5, 5.41) is 9.88. The van der Waals surface area contributed by atoms with Gasteiger partial charge >= 0.3 is 0 Å². The molecule has 0 saturated carbocycles. The van der Waals surface area contributed by atoms with E-state index in [1.807, 2.05) is 19.1 Å². The molecule has 17 heavy (non-hydrogen) atoms. The fourth-order valence-corrected chi connectivity index (χ4v) is 1.82. The lowest BCUT2D eigenvalue weighted by atomic mass is 10.1. The molecule has 1 aromatic rings. The molecule has 0 unspecified atom stereocenters. The standard InChI is InChI=1S/C13H23N3O/c1-5-16(9-13(3,4)17)12-7-11(8-14)6-10(2)15-12/h6-7,17H,5,8-9,14H2,1-4H3. The minimum Gasteiger partial charge on any atom is -0.389 e. The second kappa shape index (κ2) is 5.47. The highest BCUT2D eigenvalue weighted by molar-refractivity contribution is 5.43. The molecule has 1 rings (SSSR count). The van der Waals surface area contributed by atoms with E-state index in [1.165, 1.54) is 0 Å². The van der Waals surface area contributed by atoms with E-state index in [4.69, 9.17) is 5.73 Å². The van der Waals surface area contributed by atoms with E-state index in [0.717, 1.165) is 23.6 Å². The van der Waals surface area contributed by atoms with Crippen molar-refractivity contribution in [1.29, 1.82) is 0 Å². The molecule has 4 nitrogen and oxygen atoms in total. The zero-order chi connectivity index (χ0) is 13.1. The summed E-state index contributed by atoms with van der Waals surface area (Å²) in [6.45, 7) is 9.49. The van der Waals surface area contributed by atoms with Crippen LogP contribution in [0.1, 0.15) is 32.0 Å². The summed E-state index contributed by atoms with van der Waals surface area (Å²) in [4.78, 5) is 6.56. The highest BCUT2D eigenvalue weighted by Gasteiger charge is 2.18. The topological polar surface area (TPSA) is 62.4 Å². The molecule has 0 aliphatic carbocycles. The molecule has 1 aromatic heterocycles. The fourth-order valence-electron chi connectivity index (χ4n) is 1.82. The summed E-state index contributed by atoms with van der Waals surface area (Å²) >= 11 is 0. The number of rotatable bonds is 5. The van der Waals surface area contributed by atoms with E-state index in [2.05, 4.69) is 16.8 Å². The van der Waals surface area contributed by atoms with Crippen molar-refractivity contribution in [3.63, 3.8) is 0 Å². The zero-order valence-corrected chi connectivity index (χ0v) is 11.2. The van der Waals surface area contributed by atoms with Crippen LogP contribution in [0.5, 0.6) is 0 Å². The molecule has 0 aromatic carbocycles. The number of aromatic nitrogens is 1. The largest absolute Gasteiger partial charge is 0.389 e. The Balaban J connectivity index is 2.99. The van der Waals surface area contributed by atoms with Gasteiger partial charge in [-0.2, -0.15) is 0 Å². The Morgan fingerprint density at radius 1 is 1.41 bits per heavy atom. The Morgan fingerprint density at radius 3 is 2.53 bits per heavy atom. The molecule has 0 amide bonds. The molecule has 0 aliphatic rings. The second-order valence-corrected chi connectivity index (χ2v) is 5.01. The Hall–Kier alpha value is -1.13. The highest BCUT2D eigenvalue weighted by Crippen LogP contribution is 2.17. The number of anilines is 1. The van der Waals surface area contributed by atoms with Crippen LogP contribution in [0.25, 0.3) is 0 Å². The van der Waals surface area contributed by atoms with Gasteiger partial charge in [0.2, 0.25) is 0 Å². The third kappa shape index (κ3) is 4.32. The molecule has 0 saturated heterocycles. The van der Waals surface area contributed by atoms with Crippen molar-refractivity contribution in [1.82, 2.24) is 4.98 Å². The number of pyridine rings is 1. The Labute approximate surface area is 103 Å². The Kier molecular flexibility index (Phi) is 4.48. The lowest BCUT2D eigenvalue weighted by Crippen LogP contribution is -2.39. The molecule has 0 bridgehead atoms. The van der Waals surface area contributed by atoms with Gasteiger partial charge in [0.1, 0.15) is 5.82 Å². The molecule has 0 aliphatic heterocycles. The first-order valence-corrected chi connectivity index (χ1v) is 6.00. The molecule has 96 valence electrons. The van der Waals surface area contributed by atoms with E-state index in [1.54, 1.807) is 13.8 Å². The number of aliphatic hydroxyl groups is 1. The van der Waals surface area contributed by atoms with Gasteiger partial charge < -0.3 is 15.7 Å². The Bertz CT molecular complexity index is 371. The predicted octanol–water partition coefficient (Wildman–Crippen LogP) is 1.45. The summed E-state index contributed by atoms with van der Waals surface area (Å²) in [6.07, 6.45) is 0. The third-order valence-corrected chi connectivity index (χ3v) is 2.52. The average Bonchev–Trinajstić information content (AvgIpc) is 2.23. The number of aryl methyl sites for hydroxylation is 1. The maximum absolute atomic E-state index is 9.88. The normalized spacial score (nSPS) is 11.6. The van der Waals surface area contributed by atoms with Crippen LogP contribution in [0.4, 0.5) is 5.82 Å². The van der Waals surface area contributed by atoms with Gasteiger partial charge in [-0.1, -0.05) is 0 Å². The number of nitrogens with two attached hydrogens (primary N) is 1. The first kappa shape index (κ1) is 13.9. The minimum absolute atomic E-state index is 0.510. The lowest BCUT2D eigenvalue weighted by molar-refractivity contribution is 0.0874. The van der Waals surface area contributed by atoms with E-state index >= 15 is 0 Å². The van der Waals surface area contributed by atoms with E-state index in [-0.39, 0.29) is 0 Å². The van der Waals surface area contributed by atoms with Crippen molar-refractivity contribution in [3.8, 4) is 0 Å². The van der Waals surface area contributed by atoms with Gasteiger partial charge in [0, 0.05) is 25.3 Å². The van der Waals surface area contributed by atoms with Gasteiger partial charge in [-0.25, -0.2) is 4.98 Å². The van der Waals surface area contributed by atoms with Crippen LogP contribution in [0.2, 0.25) is 0 Å². The Morgan fingerprint density at radius 2 is 2.06 bits per heavy atom. The molecule has 3 N–H and O–H groups in total. The van der Waals surface area contributed by atoms with Crippen LogP contribution >= 0.6 is 0 Å². The van der Waals surface area contributed by atoms with Crippen molar-refractivity contribution in [3.05, 3.63) is 23.4 Å². The third-order valence-electron chi connectivity index (χ3n) is 2.52. The minimum atomic E-state index is -0.732. The van der Waals surface area contributed by atoms with Crippen LogP contribution in [0.15, 0.2) is 12.1 Å². The molecular weight excluding hydrogens is 214 g/mol. The summed E-state index contributed by atoms with van der Waals surface area (Å²) in [5.41, 5.74) is 6.96. The molecule has 0 fully saturated rings. The van der Waals surface area contributed by atoms with Gasteiger partial charge in [-0.3, -0.25) is 0 Å². The quantitative estimate of drug-likeness (QED) is 0.813. The van der Waals surface area contributed by atoms with Gasteiger partial charge in [-0.05, 0) is 45.4 Å². The molecule has 4 heteroatoms. The molecule has 1 heterocycles. The summed E-state index contributed by atoms with van der Waals surface area (Å²) in [7, 11) is 0. The average molecular weight is 237 g/mol. The first-order valence-electron chi connectivity index (χ1n) is 6.00. The molecule has 0 atom stereocenters. The first-order chi connectivity index (χ1) is 7.85. The number of hydrogen-bond acceptors (Lipinski definition) is 4. The predicted molar refractivity (Wildman–Crippen MR) is 71.1 cm³/mol. The molecule has 0 spiro atoms. The van der Waals surface area contributed by atoms with Crippen LogP contribution in [-0.4, -0.2) is 28.8 Å². The zero-order valence-electron chi connectivity index (χ0n) is 11.2. The second-order valence-electron chi connectivity index (χ2n) is 5.01. The van der Waals surface area contributed by atoms with Crippen molar-refractivity contribution in [2.45, 2.75) is 39.8 Å². The van der Waals surface area contributed by atoms with E-state index in [9.17, 15) is 5.11 Å². The van der Waals surface area contributed by atoms with Gasteiger partial charge in [0.05, 0.1) is 5.60 Å². The lowest BCUT2D eigenvalue weighted by Gasteiger charge is -2.29. The molecule has 0 radical (unpaired) electrons. The van der Waals surface area contributed by atoms with Crippen LogP contribution in [0, 0.1) is 6.92 Å². The summed E-state index contributed by atoms with van der Waals surface area (Å²) in [6, 6.07) is 3.98. The summed E-state index contributed by atoms with van der Waals surface area (Å²) < 4.78 is 0. The maximum Gasteiger partial charge on any atom is 0.129 e. The van der Waals surface area contributed by atoms with Crippen LogP contribution in [0.3, 0.4) is 0 Å². The van der Waals surface area contributed by atoms with Crippen molar-refractivity contribution >= 4 is 5.82 Å². The number of nitrogens with zero attached hydrogens (tertiary/aromatic N) is 2. The number of hydrogen-bond donors (Lipinski definition) is 2. The van der Waals surface area contributed by atoms with Crippen LogP contribution < -0.4 is 10.6 Å². The van der Waals surface area contributed by atoms with E-state index in [0.29, 0.717) is 13.1 Å². The van der Waals surface area contributed by atoms with Crippen LogP contribution in [-0.2, 0) is 6.54 Å². The fraction of sp³-hybridized carbons (Fsp3) is 0.615. The smallest absolute Gasteiger partial charge is 0.129 e. The monoisotopic (exact) mass is 237 g/mol. The summed E-state index contributed by atoms with van der Waals surface area (Å²) in [5.74, 6) is 0.884. The van der Waals surface area contributed by atoms with Crippen molar-refractivity contribution < 1.29 is 5.11 Å². The number of likely N-dealkylation sites (N-methyl/N-ethyl adjacent to an activating group) is 1. The van der Waals surface area contributed by atoms with Crippen molar-refractivity contribution in [2.24, 2.45) is 5.73 Å². The van der Waals surface area contributed by atoms with Gasteiger partial charge in [-0.15, -0.1) is 0 Å². The van der Waals surface area contributed by atoms with E-state index < -0.39 is 5.60 Å². The van der Waals surface area contributed by atoms with Crippen molar-refractivity contribution in [2.75, 3.05) is 18.0 Å². The SMILES string of the molecule is CCN(CC(C)(C)O)c1cc(CN)cc(C)n1. The maximum atomic E-state index is 9.88.